The van der Waals surface area contributed by atoms with Crippen LogP contribution in [0.4, 0.5) is 5.82 Å². The van der Waals surface area contributed by atoms with Crippen LogP contribution in [0, 0.1) is 0 Å². The van der Waals surface area contributed by atoms with Crippen LogP contribution in [0.25, 0.3) is 11.0 Å². The van der Waals surface area contributed by atoms with Gasteiger partial charge in [0.2, 0.25) is 11.3 Å². The molecular weight excluding hydrogens is 291 g/mol. The first kappa shape index (κ1) is 15.8. The third-order valence-electron chi connectivity index (χ3n) is 3.12. The highest BCUT2D eigenvalue weighted by Gasteiger charge is 2.21. The Bertz CT molecular complexity index is 789. The maximum atomic E-state index is 12.4. The molecule has 9 nitrogen and oxygen atoms in total. The summed E-state index contributed by atoms with van der Waals surface area (Å²) < 4.78 is 6.14. The predicted molar refractivity (Wildman–Crippen MR) is 80.3 cm³/mol. The van der Waals surface area contributed by atoms with Gasteiger partial charge in [0.05, 0.1) is 5.39 Å². The summed E-state index contributed by atoms with van der Waals surface area (Å²) in [6.07, 6.45) is 0. The van der Waals surface area contributed by atoms with Crippen LogP contribution >= 0.6 is 0 Å². The summed E-state index contributed by atoms with van der Waals surface area (Å²) in [5, 5.41) is 20.2. The Morgan fingerprint density at radius 1 is 1.50 bits per heavy atom. The van der Waals surface area contributed by atoms with Crippen LogP contribution in [-0.2, 0) is 6.54 Å². The van der Waals surface area contributed by atoms with Crippen molar-refractivity contribution in [1.29, 1.82) is 0 Å². The Kier molecular flexibility index (Phi) is 4.34. The largest absolute Gasteiger partial charge is 0.708 e. The van der Waals surface area contributed by atoms with E-state index < -0.39 is 18.7 Å². The van der Waals surface area contributed by atoms with E-state index in [2.05, 4.69) is 15.0 Å². The molecule has 0 aliphatic carbocycles. The topological polar surface area (TPSA) is 140 Å². The number of aryl methyl sites for hydroxylation is 1. The number of pyridine rings is 2. The minimum absolute atomic E-state index is 0.0199. The van der Waals surface area contributed by atoms with Crippen LogP contribution in [0.5, 0.6) is 5.88 Å². The van der Waals surface area contributed by atoms with E-state index in [4.69, 9.17) is 15.8 Å². The number of carbonyl (C=O) groups is 1. The zero-order valence-electron chi connectivity index (χ0n) is 12.0. The lowest BCUT2D eigenvalue weighted by atomic mass is 10.1. The molecule has 0 atom stereocenters. The van der Waals surface area contributed by atoms with E-state index in [0.29, 0.717) is 6.54 Å². The van der Waals surface area contributed by atoms with Crippen molar-refractivity contribution in [3.05, 3.63) is 27.9 Å². The van der Waals surface area contributed by atoms with E-state index in [1.807, 2.05) is 0 Å². The molecule has 0 aromatic carbocycles. The van der Waals surface area contributed by atoms with Crippen molar-refractivity contribution in [2.75, 3.05) is 12.8 Å². The zero-order chi connectivity index (χ0) is 16.4. The summed E-state index contributed by atoms with van der Waals surface area (Å²) in [6, 6.07) is 2.69. The average molecular weight is 306 g/mol. The summed E-state index contributed by atoms with van der Waals surface area (Å²) in [7, 11) is -0.631. The number of carbonyl (C=O) groups excluding carboxylic acids is 1. The first-order valence-corrected chi connectivity index (χ1v) is 6.48. The number of nitrogen functional groups attached to an aromatic ring is 1. The molecule has 116 valence electrons. The van der Waals surface area contributed by atoms with Crippen molar-refractivity contribution in [2.45, 2.75) is 13.5 Å². The Labute approximate surface area is 125 Å². The molecule has 0 bridgehead atoms. The molecule has 2 rings (SSSR count). The number of nitrogens with one attached hydrogen (secondary N) is 1. The fourth-order valence-electron chi connectivity index (χ4n) is 2.15. The molecule has 0 fully saturated rings. The van der Waals surface area contributed by atoms with E-state index in [1.54, 1.807) is 6.92 Å². The highest BCUT2D eigenvalue weighted by atomic mass is 16.6. The normalized spacial score (nSPS) is 10.5. The van der Waals surface area contributed by atoms with Crippen molar-refractivity contribution in [1.82, 2.24) is 14.9 Å². The third-order valence-corrected chi connectivity index (χ3v) is 3.12. The van der Waals surface area contributed by atoms with Gasteiger partial charge in [0, 0.05) is 13.6 Å². The lowest BCUT2D eigenvalue weighted by molar-refractivity contribution is 0.0962. The van der Waals surface area contributed by atoms with Crippen LogP contribution < -0.4 is 21.1 Å². The van der Waals surface area contributed by atoms with Gasteiger partial charge in [-0.2, -0.15) is 4.98 Å². The minimum Gasteiger partial charge on any atom is -0.498 e. The standard InChI is InChI=1S/C12H15BN4O5/c1-3-17-10(14)8(12(19)15-2)9(18)6-4-5-7(16-11(6)17)22-13(20)21/h4-5,20-21H,3,14H2,1-2H3,(H,15,19). The second kappa shape index (κ2) is 6.04. The molecule has 5 N–H and O–H groups in total. The molecule has 22 heavy (non-hydrogen) atoms. The number of amides is 1. The summed E-state index contributed by atoms with van der Waals surface area (Å²) in [4.78, 5) is 28.3. The number of hydrogen-bond acceptors (Lipinski definition) is 7. The maximum Gasteiger partial charge on any atom is 0.708 e. The van der Waals surface area contributed by atoms with Gasteiger partial charge < -0.3 is 30.3 Å². The van der Waals surface area contributed by atoms with Crippen LogP contribution in [0.3, 0.4) is 0 Å². The monoisotopic (exact) mass is 306 g/mol. The number of aromatic nitrogens is 2. The first-order chi connectivity index (χ1) is 10.4. The zero-order valence-corrected chi connectivity index (χ0v) is 12.0. The van der Waals surface area contributed by atoms with Gasteiger partial charge in [-0.15, -0.1) is 0 Å². The third kappa shape index (κ3) is 2.61. The first-order valence-electron chi connectivity index (χ1n) is 6.48. The molecule has 0 spiro atoms. The van der Waals surface area contributed by atoms with Crippen molar-refractivity contribution in [3.63, 3.8) is 0 Å². The van der Waals surface area contributed by atoms with Crippen LogP contribution in [0.1, 0.15) is 17.3 Å². The lowest BCUT2D eigenvalue weighted by Gasteiger charge is -2.15. The molecule has 0 unspecified atom stereocenters. The van der Waals surface area contributed by atoms with Crippen LogP contribution in [0.15, 0.2) is 16.9 Å². The molecule has 0 saturated carbocycles. The van der Waals surface area contributed by atoms with Gasteiger partial charge in [-0.25, -0.2) is 0 Å². The molecule has 2 heterocycles. The Balaban J connectivity index is 2.81. The smallest absolute Gasteiger partial charge is 0.498 e. The van der Waals surface area contributed by atoms with E-state index in [-0.39, 0.29) is 28.3 Å². The molecule has 0 saturated heterocycles. The fraction of sp³-hybridized carbons (Fsp3) is 0.250. The van der Waals surface area contributed by atoms with Gasteiger partial charge in [-0.3, -0.25) is 9.59 Å². The van der Waals surface area contributed by atoms with Gasteiger partial charge in [0.15, 0.2) is 0 Å². The number of hydrogen-bond donors (Lipinski definition) is 4. The van der Waals surface area contributed by atoms with E-state index in [1.165, 1.54) is 23.7 Å². The number of nitrogens with zero attached hydrogens (tertiary/aromatic N) is 2. The molecule has 0 aliphatic heterocycles. The molecule has 10 heteroatoms. The Morgan fingerprint density at radius 2 is 2.18 bits per heavy atom. The highest BCUT2D eigenvalue weighted by Crippen LogP contribution is 2.20. The number of nitrogens with two attached hydrogens (primary N) is 1. The fourth-order valence-corrected chi connectivity index (χ4v) is 2.15. The van der Waals surface area contributed by atoms with Gasteiger partial charge in [-0.1, -0.05) is 0 Å². The molecule has 0 aliphatic rings. The molecule has 1 amide bonds. The summed E-state index contributed by atoms with van der Waals surface area (Å²) in [6.45, 7) is 2.12. The lowest BCUT2D eigenvalue weighted by Crippen LogP contribution is -2.30. The van der Waals surface area contributed by atoms with Crippen molar-refractivity contribution in [3.8, 4) is 5.88 Å². The number of rotatable bonds is 4. The summed E-state index contributed by atoms with van der Waals surface area (Å²) in [5.41, 5.74) is 5.39. The van der Waals surface area contributed by atoms with Crippen LogP contribution in [0.2, 0.25) is 0 Å². The molecule has 2 aromatic rings. The highest BCUT2D eigenvalue weighted by molar-refractivity contribution is 6.33. The summed E-state index contributed by atoms with van der Waals surface area (Å²) >= 11 is 0. The molecular formula is C12H15BN4O5. The molecule has 0 radical (unpaired) electrons. The van der Waals surface area contributed by atoms with Gasteiger partial charge in [0.25, 0.3) is 5.91 Å². The van der Waals surface area contributed by atoms with Gasteiger partial charge >= 0.3 is 7.32 Å². The van der Waals surface area contributed by atoms with Crippen LogP contribution in [-0.4, -0.2) is 39.9 Å². The van der Waals surface area contributed by atoms with Crippen molar-refractivity contribution < 1.29 is 19.5 Å². The Hall–Kier alpha value is -2.59. The van der Waals surface area contributed by atoms with E-state index >= 15 is 0 Å². The van der Waals surface area contributed by atoms with E-state index in [0.717, 1.165) is 0 Å². The SMILES string of the molecule is CCn1c(N)c(C(=O)NC)c(=O)c2ccc(OB(O)O)nc21. The second-order valence-electron chi connectivity index (χ2n) is 4.38. The second-order valence-corrected chi connectivity index (χ2v) is 4.38. The van der Waals surface area contributed by atoms with Crippen molar-refractivity contribution in [2.24, 2.45) is 0 Å². The Morgan fingerprint density at radius 3 is 2.73 bits per heavy atom. The maximum absolute atomic E-state index is 12.4. The number of anilines is 1. The summed E-state index contributed by atoms with van der Waals surface area (Å²) in [5.74, 6) is -0.692. The average Bonchev–Trinajstić information content (AvgIpc) is 2.46. The van der Waals surface area contributed by atoms with Gasteiger partial charge in [-0.05, 0) is 19.1 Å². The van der Waals surface area contributed by atoms with Crippen molar-refractivity contribution >= 4 is 30.1 Å². The minimum atomic E-state index is -2.03. The van der Waals surface area contributed by atoms with E-state index in [9.17, 15) is 9.59 Å². The number of fused-ring (bicyclic) bond motifs is 1. The molecule has 2 aromatic heterocycles. The quantitative estimate of drug-likeness (QED) is 0.515. The predicted octanol–water partition coefficient (Wildman–Crippen LogP) is -1.29. The van der Waals surface area contributed by atoms with Gasteiger partial charge in [0.1, 0.15) is 17.0 Å².